The van der Waals surface area contributed by atoms with E-state index in [0.717, 1.165) is 6.42 Å². The average Bonchev–Trinajstić information content (AvgIpc) is 2.93. The number of halogens is 1. The van der Waals surface area contributed by atoms with Gasteiger partial charge in [-0.3, -0.25) is 10.1 Å². The van der Waals surface area contributed by atoms with E-state index >= 15 is 0 Å². The summed E-state index contributed by atoms with van der Waals surface area (Å²) in [6.07, 6.45) is 2.96. The summed E-state index contributed by atoms with van der Waals surface area (Å²) in [6, 6.07) is 4.64. The molecular weight excluding hydrogens is 284 g/mol. The van der Waals surface area contributed by atoms with E-state index in [-0.39, 0.29) is 11.4 Å². The zero-order chi connectivity index (χ0) is 14.5. The Bertz CT molecular complexity index is 612. The monoisotopic (exact) mass is 296 g/mol. The molecule has 0 aliphatic rings. The first-order valence-corrected chi connectivity index (χ1v) is 6.52. The third kappa shape index (κ3) is 3.08. The normalized spacial score (nSPS) is 10.5. The van der Waals surface area contributed by atoms with Gasteiger partial charge >= 0.3 is 5.69 Å². The Morgan fingerprint density at radius 2 is 2.30 bits per heavy atom. The van der Waals surface area contributed by atoms with Crippen LogP contribution < -0.4 is 4.74 Å². The lowest BCUT2D eigenvalue weighted by molar-refractivity contribution is -0.385. The van der Waals surface area contributed by atoms with Crippen molar-refractivity contribution in [2.24, 2.45) is 0 Å². The number of nitro benzene ring substituents is 1. The molecule has 7 heteroatoms. The van der Waals surface area contributed by atoms with E-state index in [1.807, 2.05) is 0 Å². The van der Waals surface area contributed by atoms with Gasteiger partial charge in [0.1, 0.15) is 0 Å². The molecule has 0 atom stereocenters. The number of aromatic nitrogens is 1. The lowest BCUT2D eigenvalue weighted by atomic mass is 10.1. The molecule has 20 heavy (non-hydrogen) atoms. The summed E-state index contributed by atoms with van der Waals surface area (Å²) in [4.78, 5) is 14.6. The molecule has 0 spiro atoms. The summed E-state index contributed by atoms with van der Waals surface area (Å²) >= 11 is 5.61. The number of ether oxygens (including phenoxy) is 1. The Labute approximate surface area is 120 Å². The second kappa shape index (κ2) is 6.38. The number of benzene rings is 1. The van der Waals surface area contributed by atoms with E-state index in [0.29, 0.717) is 29.5 Å². The van der Waals surface area contributed by atoms with Gasteiger partial charge in [-0.1, -0.05) is 0 Å². The van der Waals surface area contributed by atoms with Gasteiger partial charge in [-0.2, -0.15) is 0 Å². The molecule has 0 aliphatic heterocycles. The van der Waals surface area contributed by atoms with Gasteiger partial charge in [-0.05, 0) is 18.6 Å². The minimum absolute atomic E-state index is 0.108. The molecule has 0 saturated carbocycles. The van der Waals surface area contributed by atoms with Gasteiger partial charge in [-0.25, -0.2) is 4.98 Å². The topological polar surface area (TPSA) is 78.4 Å². The fourth-order valence-electron chi connectivity index (χ4n) is 1.76. The summed E-state index contributed by atoms with van der Waals surface area (Å²) in [5.41, 5.74) is 0.478. The third-order valence-electron chi connectivity index (χ3n) is 2.74. The van der Waals surface area contributed by atoms with Crippen LogP contribution in [-0.2, 0) is 6.42 Å². The molecule has 0 bridgehead atoms. The first-order valence-electron chi connectivity index (χ1n) is 5.99. The molecule has 0 radical (unpaired) electrons. The van der Waals surface area contributed by atoms with E-state index in [1.54, 1.807) is 12.3 Å². The smallest absolute Gasteiger partial charge is 0.311 e. The third-order valence-corrected chi connectivity index (χ3v) is 3.01. The number of methoxy groups -OCH3 is 1. The molecule has 106 valence electrons. The molecule has 2 rings (SSSR count). The Kier molecular flexibility index (Phi) is 4.57. The Morgan fingerprint density at radius 1 is 1.50 bits per heavy atom. The van der Waals surface area contributed by atoms with E-state index < -0.39 is 4.92 Å². The van der Waals surface area contributed by atoms with Crippen molar-refractivity contribution >= 4 is 17.3 Å². The second-order valence-corrected chi connectivity index (χ2v) is 4.43. The lowest BCUT2D eigenvalue weighted by Crippen LogP contribution is -1.93. The number of hydrogen-bond acceptors (Lipinski definition) is 5. The van der Waals surface area contributed by atoms with Gasteiger partial charge in [-0.15, -0.1) is 11.6 Å². The summed E-state index contributed by atoms with van der Waals surface area (Å²) in [7, 11) is 1.39. The number of nitrogens with zero attached hydrogens (tertiary/aromatic N) is 2. The van der Waals surface area contributed by atoms with Gasteiger partial charge in [0.15, 0.2) is 17.4 Å². The zero-order valence-corrected chi connectivity index (χ0v) is 11.6. The van der Waals surface area contributed by atoms with Gasteiger partial charge in [0.25, 0.3) is 0 Å². The molecular formula is C13H13ClN2O4. The van der Waals surface area contributed by atoms with Crippen molar-refractivity contribution in [3.63, 3.8) is 0 Å². The summed E-state index contributed by atoms with van der Waals surface area (Å²) in [6.45, 7) is 0. The quantitative estimate of drug-likeness (QED) is 0.463. The zero-order valence-electron chi connectivity index (χ0n) is 10.8. The standard InChI is InChI=1S/C13H13ClN2O4/c1-19-11-5-4-9(7-10(11)16(17)18)12-8-15-13(20-12)3-2-6-14/h4-5,7-8H,2-3,6H2,1H3. The van der Waals surface area contributed by atoms with Crippen LogP contribution in [0.1, 0.15) is 12.3 Å². The molecule has 0 N–H and O–H groups in total. The van der Waals surface area contributed by atoms with Crippen LogP contribution in [0.5, 0.6) is 5.75 Å². The first-order chi connectivity index (χ1) is 9.65. The van der Waals surface area contributed by atoms with Crippen LogP contribution in [0.3, 0.4) is 0 Å². The molecule has 1 heterocycles. The highest BCUT2D eigenvalue weighted by atomic mass is 35.5. The molecule has 1 aromatic carbocycles. The summed E-state index contributed by atoms with van der Waals surface area (Å²) in [5, 5.41) is 11.0. The number of alkyl halides is 1. The van der Waals surface area contributed by atoms with Crippen molar-refractivity contribution in [2.45, 2.75) is 12.8 Å². The van der Waals surface area contributed by atoms with Crippen molar-refractivity contribution < 1.29 is 14.1 Å². The lowest BCUT2D eigenvalue weighted by Gasteiger charge is -2.02. The number of nitro groups is 1. The number of rotatable bonds is 6. The van der Waals surface area contributed by atoms with Crippen LogP contribution in [0.2, 0.25) is 0 Å². The van der Waals surface area contributed by atoms with Crippen molar-refractivity contribution in [3.8, 4) is 17.1 Å². The maximum Gasteiger partial charge on any atom is 0.311 e. The molecule has 0 aliphatic carbocycles. The molecule has 0 amide bonds. The van der Waals surface area contributed by atoms with Crippen molar-refractivity contribution in [3.05, 3.63) is 40.4 Å². The van der Waals surface area contributed by atoms with Gasteiger partial charge in [0.2, 0.25) is 0 Å². The molecule has 1 aromatic heterocycles. The van der Waals surface area contributed by atoms with Crippen LogP contribution in [0.15, 0.2) is 28.8 Å². The highest BCUT2D eigenvalue weighted by Crippen LogP contribution is 2.32. The highest BCUT2D eigenvalue weighted by molar-refractivity contribution is 6.17. The van der Waals surface area contributed by atoms with Gasteiger partial charge in [0, 0.05) is 23.9 Å². The summed E-state index contributed by atoms with van der Waals surface area (Å²) < 4.78 is 10.5. The molecule has 2 aromatic rings. The predicted molar refractivity (Wildman–Crippen MR) is 74.2 cm³/mol. The van der Waals surface area contributed by atoms with Crippen molar-refractivity contribution in [2.75, 3.05) is 13.0 Å². The largest absolute Gasteiger partial charge is 0.490 e. The number of aryl methyl sites for hydroxylation is 1. The Balaban J connectivity index is 2.30. The summed E-state index contributed by atoms with van der Waals surface area (Å²) in [5.74, 6) is 1.80. The van der Waals surface area contributed by atoms with Crippen LogP contribution in [0, 0.1) is 10.1 Å². The second-order valence-electron chi connectivity index (χ2n) is 4.05. The van der Waals surface area contributed by atoms with E-state index in [1.165, 1.54) is 19.2 Å². The van der Waals surface area contributed by atoms with Crippen LogP contribution in [0.25, 0.3) is 11.3 Å². The minimum atomic E-state index is -0.493. The fourth-order valence-corrected chi connectivity index (χ4v) is 1.90. The molecule has 6 nitrogen and oxygen atoms in total. The van der Waals surface area contributed by atoms with E-state index in [4.69, 9.17) is 20.8 Å². The van der Waals surface area contributed by atoms with Crippen LogP contribution in [-0.4, -0.2) is 22.9 Å². The highest BCUT2D eigenvalue weighted by Gasteiger charge is 2.17. The maximum atomic E-state index is 11.0. The first kappa shape index (κ1) is 14.3. The van der Waals surface area contributed by atoms with E-state index in [2.05, 4.69) is 4.98 Å². The van der Waals surface area contributed by atoms with Gasteiger partial charge < -0.3 is 9.15 Å². The maximum absolute atomic E-state index is 11.0. The molecule has 0 saturated heterocycles. The van der Waals surface area contributed by atoms with E-state index in [9.17, 15) is 10.1 Å². The Hall–Kier alpha value is -2.08. The fraction of sp³-hybridized carbons (Fsp3) is 0.308. The van der Waals surface area contributed by atoms with Gasteiger partial charge in [0.05, 0.1) is 18.2 Å². The molecule has 0 fully saturated rings. The SMILES string of the molecule is COc1ccc(-c2cnc(CCCCl)o2)cc1[N+](=O)[O-]. The van der Waals surface area contributed by atoms with Crippen LogP contribution >= 0.6 is 11.6 Å². The number of oxazole rings is 1. The van der Waals surface area contributed by atoms with Crippen molar-refractivity contribution in [1.29, 1.82) is 0 Å². The Morgan fingerprint density at radius 3 is 2.95 bits per heavy atom. The predicted octanol–water partition coefficient (Wildman–Crippen LogP) is 3.43. The molecule has 0 unspecified atom stereocenters. The average molecular weight is 297 g/mol. The van der Waals surface area contributed by atoms with Crippen LogP contribution in [0.4, 0.5) is 5.69 Å². The van der Waals surface area contributed by atoms with Crippen molar-refractivity contribution in [1.82, 2.24) is 4.98 Å². The number of hydrogen-bond donors (Lipinski definition) is 0. The minimum Gasteiger partial charge on any atom is -0.490 e.